The predicted octanol–water partition coefficient (Wildman–Crippen LogP) is 4.06. The van der Waals surface area contributed by atoms with E-state index >= 15 is 0 Å². The second kappa shape index (κ2) is 10.1. The van der Waals surface area contributed by atoms with Gasteiger partial charge in [-0.15, -0.1) is 0 Å². The van der Waals surface area contributed by atoms with Gasteiger partial charge in [-0.25, -0.2) is 0 Å². The molecule has 0 atom stereocenters. The number of imidazole rings is 1. The van der Waals surface area contributed by atoms with Crippen LogP contribution in [0.5, 0.6) is 0 Å². The van der Waals surface area contributed by atoms with Gasteiger partial charge in [-0.05, 0) is 0 Å². The summed E-state index contributed by atoms with van der Waals surface area (Å²) in [6.45, 7) is 0. The standard InChI is InChI=1S/C24H21N5OS.W/c1-29-16-27-24(21(29)15-31-20-10-11-26-22(25)14-20)18-8-5-9-19(13-18)28-23(30)12-17-6-3-2-4-7-17;/h2-11,13-14,16H,12H2,1H3,(H2,25,26)(H,28,30);. The van der Waals surface area contributed by atoms with Gasteiger partial charge in [0.2, 0.25) is 0 Å². The van der Waals surface area contributed by atoms with Crippen molar-refractivity contribution in [2.75, 3.05) is 11.1 Å². The Morgan fingerprint density at radius 2 is 1.91 bits per heavy atom. The van der Waals surface area contributed by atoms with Gasteiger partial charge in [-0.3, -0.25) is 0 Å². The second-order valence-electron chi connectivity index (χ2n) is 7.15. The number of nitrogens with zero attached hydrogens (tertiary/aromatic N) is 3. The molecule has 0 aliphatic heterocycles. The molecule has 2 aromatic heterocycles. The third-order valence-electron chi connectivity index (χ3n) is 4.72. The Hall–Kier alpha value is -3.02. The minimum atomic E-state index is -0.0485. The number of hydrogen-bond donors (Lipinski definition) is 2. The number of benzene rings is 2. The molecule has 0 saturated carbocycles. The van der Waals surface area contributed by atoms with Crippen LogP contribution in [0.4, 0.5) is 11.5 Å². The summed E-state index contributed by atoms with van der Waals surface area (Å²) in [6, 6.07) is 21.3. The molecule has 6 nitrogen and oxygen atoms in total. The van der Waals surface area contributed by atoms with Crippen LogP contribution in [0.1, 0.15) is 11.3 Å². The Kier molecular flexibility index (Phi) is 6.98. The number of aryl methyl sites for hydroxylation is 1. The van der Waals surface area contributed by atoms with Crippen molar-refractivity contribution in [1.82, 2.24) is 14.5 Å². The van der Waals surface area contributed by atoms with Crippen LogP contribution in [-0.4, -0.2) is 23.7 Å². The van der Waals surface area contributed by atoms with Crippen LogP contribution in [-0.2, 0) is 37.6 Å². The van der Waals surface area contributed by atoms with Crippen molar-refractivity contribution in [3.05, 3.63) is 90.5 Å². The van der Waals surface area contributed by atoms with Gasteiger partial charge in [-0.1, -0.05) is 6.07 Å². The molecule has 0 aliphatic rings. The summed E-state index contributed by atoms with van der Waals surface area (Å²) in [6.07, 6.45) is 3.86. The van der Waals surface area contributed by atoms with E-state index in [-0.39, 0.29) is 5.91 Å². The fourth-order valence-electron chi connectivity index (χ4n) is 3.26. The number of amides is 1. The number of hydrogen-bond acceptors (Lipinski definition) is 5. The quantitative estimate of drug-likeness (QED) is 0.308. The van der Waals surface area contributed by atoms with Gasteiger partial charge in [-0.2, -0.15) is 0 Å². The molecule has 8 heteroatoms. The second-order valence-corrected chi connectivity index (χ2v) is 10.7. The molecule has 160 valence electrons. The molecule has 2 heterocycles. The Labute approximate surface area is 201 Å². The molecule has 0 unspecified atom stereocenters. The minimum absolute atomic E-state index is 0.0485. The number of nitrogen functional groups attached to an aromatic ring is 1. The average molecular weight is 611 g/mol. The van der Waals surface area contributed by atoms with Crippen LogP contribution in [0.2, 0.25) is 0 Å². The van der Waals surface area contributed by atoms with Crippen molar-refractivity contribution >= 4 is 32.4 Å². The van der Waals surface area contributed by atoms with Gasteiger partial charge in [0.05, 0.1) is 0 Å². The number of rotatable bonds is 7. The SMILES string of the molecule is Cn1cnc(-c2cccc(NC(=O)Cc3ccccc3)c2)c1[C](=[W])Sc1ccnc(N)c1. The van der Waals surface area contributed by atoms with Crippen LogP contribution in [0.3, 0.4) is 0 Å². The van der Waals surface area contributed by atoms with Crippen LogP contribution >= 0.6 is 11.8 Å². The van der Waals surface area contributed by atoms with Crippen LogP contribution in [0.15, 0.2) is 84.1 Å². The molecule has 1 amide bonds. The molecule has 0 fully saturated rings. The van der Waals surface area contributed by atoms with Crippen molar-refractivity contribution in [2.45, 2.75) is 11.3 Å². The summed E-state index contributed by atoms with van der Waals surface area (Å²) in [4.78, 5) is 22.2. The van der Waals surface area contributed by atoms with E-state index in [1.54, 1.807) is 18.0 Å². The summed E-state index contributed by atoms with van der Waals surface area (Å²) in [5, 5.41) is 3.00. The first kappa shape index (κ1) is 22.2. The van der Waals surface area contributed by atoms with Crippen LogP contribution in [0.25, 0.3) is 11.3 Å². The van der Waals surface area contributed by atoms with Crippen LogP contribution < -0.4 is 11.1 Å². The number of nitrogens with one attached hydrogen (secondary N) is 1. The maximum absolute atomic E-state index is 12.5. The molecule has 0 saturated heterocycles. The monoisotopic (exact) mass is 611 g/mol. The van der Waals surface area contributed by atoms with Crippen LogP contribution in [0, 0.1) is 0 Å². The molecule has 0 spiro atoms. The number of carbonyl (C=O) groups excluding carboxylic acids is 1. The molecule has 4 aromatic rings. The Morgan fingerprint density at radius 1 is 1.09 bits per heavy atom. The average Bonchev–Trinajstić information content (AvgIpc) is 3.16. The first-order valence-electron chi connectivity index (χ1n) is 9.89. The molecule has 0 bridgehead atoms. The van der Waals surface area contributed by atoms with Gasteiger partial charge in [0.25, 0.3) is 0 Å². The first-order chi connectivity index (χ1) is 15.5. The zero-order valence-electron chi connectivity index (χ0n) is 17.4. The molecular weight excluding hydrogens is 590 g/mol. The fourth-order valence-corrected chi connectivity index (χ4v) is 6.02. The molecular formula is C24H21N5OSW. The summed E-state index contributed by atoms with van der Waals surface area (Å²) in [5.74, 6) is 0.453. The zero-order valence-corrected chi connectivity index (χ0v) is 21.1. The molecule has 32 heavy (non-hydrogen) atoms. The normalized spacial score (nSPS) is 10.7. The topological polar surface area (TPSA) is 85.8 Å². The maximum atomic E-state index is 12.5. The summed E-state index contributed by atoms with van der Waals surface area (Å²) >= 11 is 2.99. The van der Waals surface area contributed by atoms with E-state index in [4.69, 9.17) is 5.73 Å². The Bertz CT molecular complexity index is 1270. The Balaban J connectivity index is 1.54. The van der Waals surface area contributed by atoms with Crippen molar-refractivity contribution in [2.24, 2.45) is 7.05 Å². The van der Waals surface area contributed by atoms with E-state index in [0.717, 1.165) is 33.1 Å². The molecule has 2 aromatic carbocycles. The summed E-state index contributed by atoms with van der Waals surface area (Å²) < 4.78 is 3.19. The van der Waals surface area contributed by atoms with E-state index in [2.05, 4.69) is 15.3 Å². The number of carbonyl (C=O) groups is 1. The van der Waals surface area contributed by atoms with Crippen molar-refractivity contribution in [3.8, 4) is 11.3 Å². The molecule has 0 radical (unpaired) electrons. The van der Waals surface area contributed by atoms with E-state index in [1.165, 1.54) is 22.6 Å². The van der Waals surface area contributed by atoms with E-state index < -0.39 is 0 Å². The van der Waals surface area contributed by atoms with Gasteiger partial charge in [0, 0.05) is 0 Å². The van der Waals surface area contributed by atoms with E-state index in [9.17, 15) is 4.79 Å². The third-order valence-corrected chi connectivity index (χ3v) is 7.18. The van der Waals surface area contributed by atoms with Crippen molar-refractivity contribution in [3.63, 3.8) is 0 Å². The van der Waals surface area contributed by atoms with Gasteiger partial charge in [0.1, 0.15) is 0 Å². The van der Waals surface area contributed by atoms with Crippen molar-refractivity contribution < 1.29 is 24.1 Å². The number of pyridine rings is 1. The van der Waals surface area contributed by atoms with E-state index in [0.29, 0.717) is 12.2 Å². The molecule has 0 aliphatic carbocycles. The fraction of sp³-hybridized carbons (Fsp3) is 0.0833. The molecule has 4 rings (SSSR count). The first-order valence-corrected chi connectivity index (χ1v) is 12.2. The number of thioether (sulfide) groups is 1. The Morgan fingerprint density at radius 3 is 2.69 bits per heavy atom. The summed E-state index contributed by atoms with van der Waals surface area (Å²) in [7, 11) is 1.99. The number of nitrogens with two attached hydrogens (primary N) is 1. The summed E-state index contributed by atoms with van der Waals surface area (Å²) in [5.41, 5.74) is 10.4. The van der Waals surface area contributed by atoms with Gasteiger partial charge >= 0.3 is 196 Å². The van der Waals surface area contributed by atoms with E-state index in [1.807, 2.05) is 84.7 Å². The van der Waals surface area contributed by atoms with Crippen molar-refractivity contribution in [1.29, 1.82) is 0 Å². The third kappa shape index (κ3) is 5.42. The zero-order chi connectivity index (χ0) is 22.5. The predicted molar refractivity (Wildman–Crippen MR) is 126 cm³/mol. The van der Waals surface area contributed by atoms with Gasteiger partial charge < -0.3 is 0 Å². The van der Waals surface area contributed by atoms with Gasteiger partial charge in [0.15, 0.2) is 0 Å². The number of aromatic nitrogens is 3. The molecule has 3 N–H and O–H groups in total. The number of anilines is 2.